The third kappa shape index (κ3) is 7.58. The highest BCUT2D eigenvalue weighted by molar-refractivity contribution is 5.71. The molecule has 1 aliphatic rings. The Kier molecular flexibility index (Phi) is 9.55. The standard InChI is InChI=1S/C23H27N3O8/c1-14(27)31-13-21(32-15(2)28)23(34-17(4)30)22(33-16(3)29)18-10-20(11-24)26(25-12-18)19-8-6-5-7-9-19/h5-9,12,18,20-23H,10,13H2,1-4H3/t18-,20+,21+,22+,23+/m0/s1. The van der Waals surface area contributed by atoms with E-state index in [1.54, 1.807) is 12.1 Å². The SMILES string of the molecule is CC(=O)OC[C@@H](OC(C)=O)[C@@H](OC(C)=O)[C@H](OC(C)=O)[C@@H]1C=NN(c2ccccc2)[C@@H](C#N)C1. The fourth-order valence-corrected chi connectivity index (χ4v) is 3.55. The molecule has 5 atom stereocenters. The lowest BCUT2D eigenvalue weighted by atomic mass is 9.88. The lowest BCUT2D eigenvalue weighted by Crippen LogP contribution is -2.52. The number of esters is 4. The molecule has 11 heteroatoms. The van der Waals surface area contributed by atoms with Crippen molar-refractivity contribution in [1.29, 1.82) is 5.26 Å². The number of nitriles is 1. The summed E-state index contributed by atoms with van der Waals surface area (Å²) in [5, 5.41) is 15.7. The minimum absolute atomic E-state index is 0.158. The van der Waals surface area contributed by atoms with Crippen LogP contribution >= 0.6 is 0 Å². The predicted molar refractivity (Wildman–Crippen MR) is 118 cm³/mol. The van der Waals surface area contributed by atoms with Crippen LogP contribution in [0.5, 0.6) is 0 Å². The van der Waals surface area contributed by atoms with Gasteiger partial charge in [-0.15, -0.1) is 0 Å². The second-order valence-electron chi connectivity index (χ2n) is 7.59. The van der Waals surface area contributed by atoms with Crippen molar-refractivity contribution in [3.8, 4) is 6.07 Å². The predicted octanol–water partition coefficient (Wildman–Crippen LogP) is 1.75. The number of carbonyl (C=O) groups excluding carboxylic acids is 4. The summed E-state index contributed by atoms with van der Waals surface area (Å²) in [5.74, 6) is -3.49. The molecule has 0 N–H and O–H groups in total. The van der Waals surface area contributed by atoms with Crippen molar-refractivity contribution in [2.24, 2.45) is 11.0 Å². The number of carbonyl (C=O) groups is 4. The van der Waals surface area contributed by atoms with Gasteiger partial charge in [0.15, 0.2) is 18.3 Å². The molecule has 0 saturated carbocycles. The van der Waals surface area contributed by atoms with Crippen LogP contribution in [-0.2, 0) is 38.1 Å². The van der Waals surface area contributed by atoms with Crippen LogP contribution in [0, 0.1) is 17.2 Å². The molecule has 0 radical (unpaired) electrons. The zero-order valence-corrected chi connectivity index (χ0v) is 19.4. The zero-order chi connectivity index (χ0) is 25.3. The van der Waals surface area contributed by atoms with E-state index in [9.17, 15) is 24.4 Å². The van der Waals surface area contributed by atoms with E-state index in [1.807, 2.05) is 18.2 Å². The largest absolute Gasteiger partial charge is 0.462 e. The monoisotopic (exact) mass is 473 g/mol. The molecular weight excluding hydrogens is 446 g/mol. The normalized spacial score (nSPS) is 19.7. The molecule has 0 aromatic heterocycles. The molecule has 0 fully saturated rings. The van der Waals surface area contributed by atoms with Crippen molar-refractivity contribution >= 4 is 35.8 Å². The first-order chi connectivity index (χ1) is 16.1. The second-order valence-corrected chi connectivity index (χ2v) is 7.59. The number of hydrazone groups is 1. The number of nitrogens with zero attached hydrogens (tertiary/aromatic N) is 3. The Bertz CT molecular complexity index is 959. The Balaban J connectivity index is 2.44. The molecule has 1 aromatic rings. The molecule has 11 nitrogen and oxygen atoms in total. The first-order valence-electron chi connectivity index (χ1n) is 10.5. The van der Waals surface area contributed by atoms with Crippen LogP contribution in [0.4, 0.5) is 5.69 Å². The maximum atomic E-state index is 12.0. The van der Waals surface area contributed by atoms with Crippen LogP contribution in [-0.4, -0.2) is 61.1 Å². The molecule has 0 saturated heterocycles. The molecular formula is C23H27N3O8. The van der Waals surface area contributed by atoms with Gasteiger partial charge in [-0.05, 0) is 18.6 Å². The molecule has 34 heavy (non-hydrogen) atoms. The van der Waals surface area contributed by atoms with Crippen LogP contribution < -0.4 is 5.01 Å². The minimum atomic E-state index is -1.33. The molecule has 2 rings (SSSR count). The van der Waals surface area contributed by atoms with E-state index < -0.39 is 60.8 Å². The van der Waals surface area contributed by atoms with E-state index >= 15 is 0 Å². The molecule has 0 unspecified atom stereocenters. The first kappa shape index (κ1) is 26.3. The Labute approximate surface area is 197 Å². The van der Waals surface area contributed by atoms with Crippen molar-refractivity contribution in [3.05, 3.63) is 30.3 Å². The highest BCUT2D eigenvalue weighted by atomic mass is 16.6. The maximum Gasteiger partial charge on any atom is 0.303 e. The number of para-hydroxylation sites is 1. The Hall–Kier alpha value is -3.94. The van der Waals surface area contributed by atoms with Gasteiger partial charge in [0, 0.05) is 39.8 Å². The quantitative estimate of drug-likeness (QED) is 0.384. The maximum absolute atomic E-state index is 12.0. The lowest BCUT2D eigenvalue weighted by molar-refractivity contribution is -0.191. The summed E-state index contributed by atoms with van der Waals surface area (Å²) in [5.41, 5.74) is 0.692. The van der Waals surface area contributed by atoms with Gasteiger partial charge in [0.2, 0.25) is 0 Å². The highest BCUT2D eigenvalue weighted by Gasteiger charge is 2.44. The van der Waals surface area contributed by atoms with Crippen molar-refractivity contribution in [2.45, 2.75) is 58.5 Å². The van der Waals surface area contributed by atoms with Crippen molar-refractivity contribution < 1.29 is 38.1 Å². The van der Waals surface area contributed by atoms with Crippen LogP contribution in [0.1, 0.15) is 34.1 Å². The molecule has 0 bridgehead atoms. The summed E-state index contributed by atoms with van der Waals surface area (Å²) in [7, 11) is 0. The van der Waals surface area contributed by atoms with Gasteiger partial charge >= 0.3 is 23.9 Å². The van der Waals surface area contributed by atoms with Gasteiger partial charge in [-0.25, -0.2) is 5.01 Å². The third-order valence-electron chi connectivity index (χ3n) is 4.83. The summed E-state index contributed by atoms with van der Waals surface area (Å²) in [6.07, 6.45) is -2.13. The molecule has 182 valence electrons. The average Bonchev–Trinajstić information content (AvgIpc) is 2.78. The van der Waals surface area contributed by atoms with Gasteiger partial charge in [-0.3, -0.25) is 19.2 Å². The summed E-state index contributed by atoms with van der Waals surface area (Å²) >= 11 is 0. The Morgan fingerprint density at radius 1 is 1.00 bits per heavy atom. The Morgan fingerprint density at radius 2 is 1.62 bits per heavy atom. The average molecular weight is 473 g/mol. The molecule has 1 heterocycles. The molecule has 1 aromatic carbocycles. The number of benzene rings is 1. The van der Waals surface area contributed by atoms with Crippen LogP contribution in [0.2, 0.25) is 0 Å². The lowest BCUT2D eigenvalue weighted by Gasteiger charge is -2.38. The van der Waals surface area contributed by atoms with Crippen molar-refractivity contribution in [1.82, 2.24) is 0 Å². The van der Waals surface area contributed by atoms with Gasteiger partial charge in [-0.2, -0.15) is 10.4 Å². The molecule has 0 aliphatic carbocycles. The molecule has 1 aliphatic heterocycles. The number of ether oxygens (including phenoxy) is 4. The van der Waals surface area contributed by atoms with Gasteiger partial charge in [0.05, 0.1) is 11.8 Å². The van der Waals surface area contributed by atoms with E-state index in [0.29, 0.717) is 5.69 Å². The Morgan fingerprint density at radius 3 is 2.15 bits per heavy atom. The smallest absolute Gasteiger partial charge is 0.303 e. The van der Waals surface area contributed by atoms with Crippen LogP contribution in [0.25, 0.3) is 0 Å². The van der Waals surface area contributed by atoms with Gasteiger partial charge in [0.1, 0.15) is 12.6 Å². The van der Waals surface area contributed by atoms with E-state index in [0.717, 1.165) is 13.8 Å². The fourth-order valence-electron chi connectivity index (χ4n) is 3.55. The van der Waals surface area contributed by atoms with Crippen LogP contribution in [0.15, 0.2) is 35.4 Å². The summed E-state index contributed by atoms with van der Waals surface area (Å²) in [4.78, 5) is 47.0. The number of hydrogen-bond donors (Lipinski definition) is 0. The van der Waals surface area contributed by atoms with Crippen molar-refractivity contribution in [2.75, 3.05) is 11.6 Å². The zero-order valence-electron chi connectivity index (χ0n) is 19.4. The molecule has 0 spiro atoms. The van der Waals surface area contributed by atoms with Gasteiger partial charge in [0.25, 0.3) is 0 Å². The molecule has 0 amide bonds. The first-order valence-corrected chi connectivity index (χ1v) is 10.5. The van der Waals surface area contributed by atoms with E-state index in [4.69, 9.17) is 18.9 Å². The van der Waals surface area contributed by atoms with E-state index in [-0.39, 0.29) is 6.42 Å². The van der Waals surface area contributed by atoms with E-state index in [2.05, 4.69) is 11.2 Å². The third-order valence-corrected chi connectivity index (χ3v) is 4.83. The second kappa shape index (κ2) is 12.3. The number of hydrogen-bond acceptors (Lipinski definition) is 11. The van der Waals surface area contributed by atoms with E-state index in [1.165, 1.54) is 25.1 Å². The fraction of sp³-hybridized carbons (Fsp3) is 0.478. The number of rotatable bonds is 9. The summed E-state index contributed by atoms with van der Waals surface area (Å²) < 4.78 is 21.1. The number of anilines is 1. The topological polar surface area (TPSA) is 145 Å². The van der Waals surface area contributed by atoms with Crippen LogP contribution in [0.3, 0.4) is 0 Å². The van der Waals surface area contributed by atoms with Gasteiger partial charge in [-0.1, -0.05) is 18.2 Å². The highest BCUT2D eigenvalue weighted by Crippen LogP contribution is 2.30. The summed E-state index contributed by atoms with van der Waals surface area (Å²) in [6, 6.07) is 10.5. The summed E-state index contributed by atoms with van der Waals surface area (Å²) in [6.45, 7) is 4.17. The van der Waals surface area contributed by atoms with Gasteiger partial charge < -0.3 is 18.9 Å². The van der Waals surface area contributed by atoms with Crippen molar-refractivity contribution in [3.63, 3.8) is 0 Å². The minimum Gasteiger partial charge on any atom is -0.462 e.